The van der Waals surface area contributed by atoms with Gasteiger partial charge in [-0.2, -0.15) is 5.10 Å². The molecule has 1 aromatic heterocycles. The number of benzene rings is 4. The van der Waals surface area contributed by atoms with Crippen molar-refractivity contribution in [2.24, 2.45) is 16.7 Å². The highest BCUT2D eigenvalue weighted by molar-refractivity contribution is 6.10. The van der Waals surface area contributed by atoms with Crippen LogP contribution in [0.2, 0.25) is 0 Å². The van der Waals surface area contributed by atoms with Crippen molar-refractivity contribution in [2.75, 3.05) is 11.1 Å². The van der Waals surface area contributed by atoms with Crippen molar-refractivity contribution >= 4 is 44.8 Å². The fourth-order valence-electron chi connectivity index (χ4n) is 4.82. The van der Waals surface area contributed by atoms with Crippen LogP contribution in [-0.4, -0.2) is 16.3 Å². The molecule has 0 aliphatic carbocycles. The molecule has 36 heavy (non-hydrogen) atoms. The van der Waals surface area contributed by atoms with Crippen LogP contribution in [0.5, 0.6) is 0 Å². The third kappa shape index (κ3) is 4.11. The first-order valence-electron chi connectivity index (χ1n) is 11.8. The number of nitrogens with two attached hydrogens (primary N) is 3. The molecule has 180 valence electrons. The van der Waals surface area contributed by atoms with Gasteiger partial charge in [-0.3, -0.25) is 4.79 Å². The second-order valence-corrected chi connectivity index (χ2v) is 8.71. The number of aryl methyl sites for hydroxylation is 1. The Kier molecular flexibility index (Phi) is 6.04. The van der Waals surface area contributed by atoms with Crippen LogP contribution in [-0.2, 0) is 13.0 Å². The third-order valence-corrected chi connectivity index (χ3v) is 6.55. The maximum Gasteiger partial charge on any atom is 0.272 e. The van der Waals surface area contributed by atoms with E-state index in [1.165, 1.54) is 0 Å². The summed E-state index contributed by atoms with van der Waals surface area (Å²) in [7, 11) is 0. The summed E-state index contributed by atoms with van der Waals surface area (Å²) in [5, 5.41) is 9.97. The highest BCUT2D eigenvalue weighted by Gasteiger charge is 2.23. The van der Waals surface area contributed by atoms with E-state index in [1.54, 1.807) is 24.3 Å². The van der Waals surface area contributed by atoms with Crippen molar-refractivity contribution in [2.45, 2.75) is 19.9 Å². The minimum atomic E-state index is -0.185. The lowest BCUT2D eigenvalue weighted by Crippen LogP contribution is -2.18. The van der Waals surface area contributed by atoms with Gasteiger partial charge in [0.25, 0.3) is 5.91 Å². The number of nitrogens with zero attached hydrogens (tertiary/aromatic N) is 2. The minimum Gasteiger partial charge on any atom is -0.399 e. The Balaban J connectivity index is 1.72. The Bertz CT molecular complexity index is 1610. The van der Waals surface area contributed by atoms with E-state index in [0.29, 0.717) is 35.6 Å². The average Bonchev–Trinajstić information content (AvgIpc) is 3.22. The largest absolute Gasteiger partial charge is 0.399 e. The van der Waals surface area contributed by atoms with Gasteiger partial charge in [-0.1, -0.05) is 42.5 Å². The number of amidine groups is 1. The van der Waals surface area contributed by atoms with Crippen LogP contribution < -0.4 is 22.6 Å². The van der Waals surface area contributed by atoms with Crippen molar-refractivity contribution in [3.05, 3.63) is 107 Å². The van der Waals surface area contributed by atoms with Crippen LogP contribution in [0, 0.1) is 0 Å². The molecule has 0 fully saturated rings. The fraction of sp³-hybridized carbons (Fsp3) is 0.103. The van der Waals surface area contributed by atoms with E-state index in [9.17, 15) is 4.79 Å². The summed E-state index contributed by atoms with van der Waals surface area (Å²) in [6, 6.07) is 27.5. The molecule has 7 heteroatoms. The van der Waals surface area contributed by atoms with Crippen LogP contribution in [0.3, 0.4) is 0 Å². The second-order valence-electron chi connectivity index (χ2n) is 8.71. The first kappa shape index (κ1) is 23.0. The van der Waals surface area contributed by atoms with Crippen molar-refractivity contribution in [3.8, 4) is 0 Å². The van der Waals surface area contributed by atoms with Gasteiger partial charge in [0.15, 0.2) is 0 Å². The molecule has 5 aromatic rings. The Morgan fingerprint density at radius 1 is 0.944 bits per heavy atom. The molecule has 0 aliphatic heterocycles. The number of carbonyl (C=O) groups is 1. The molecule has 0 saturated carbocycles. The standard InChI is InChI=1S/C29H28N6O/c1-2-35-26-15-10-20(28(31)34-32)17-24(26)25(16-19-8-5-7-18-6-3-4-9-23(18)19)27(35)29(36)33-22-13-11-21(30)12-14-22/h3-15,17H,2,16,30,32H2,1H3,(H2,31,34)(H,33,36). The second kappa shape index (κ2) is 9.46. The lowest BCUT2D eigenvalue weighted by atomic mass is 9.96. The monoisotopic (exact) mass is 476 g/mol. The number of anilines is 2. The van der Waals surface area contributed by atoms with Crippen molar-refractivity contribution in [1.29, 1.82) is 0 Å². The van der Waals surface area contributed by atoms with Crippen LogP contribution >= 0.6 is 0 Å². The van der Waals surface area contributed by atoms with Gasteiger partial charge in [-0.15, -0.1) is 0 Å². The summed E-state index contributed by atoms with van der Waals surface area (Å²) in [6.45, 7) is 2.65. The molecule has 0 unspecified atom stereocenters. The van der Waals surface area contributed by atoms with E-state index < -0.39 is 0 Å². The number of amides is 1. The lowest BCUT2D eigenvalue weighted by Gasteiger charge is -2.12. The summed E-state index contributed by atoms with van der Waals surface area (Å²) in [4.78, 5) is 13.8. The molecule has 7 nitrogen and oxygen atoms in total. The Hall–Kier alpha value is -4.78. The van der Waals surface area contributed by atoms with E-state index in [2.05, 4.69) is 40.8 Å². The molecule has 0 saturated heterocycles. The number of hydrazone groups is 1. The number of fused-ring (bicyclic) bond motifs is 2. The smallest absolute Gasteiger partial charge is 0.272 e. The predicted molar refractivity (Wildman–Crippen MR) is 148 cm³/mol. The molecule has 4 aromatic carbocycles. The van der Waals surface area contributed by atoms with E-state index in [1.807, 2.05) is 41.8 Å². The number of nitrogen functional groups attached to an aromatic ring is 1. The zero-order valence-electron chi connectivity index (χ0n) is 20.0. The number of hydrogen-bond donors (Lipinski definition) is 4. The van der Waals surface area contributed by atoms with Gasteiger partial charge < -0.3 is 27.2 Å². The van der Waals surface area contributed by atoms with Gasteiger partial charge in [-0.25, -0.2) is 0 Å². The number of hydrogen-bond acceptors (Lipinski definition) is 4. The molecule has 1 heterocycles. The fourth-order valence-corrected chi connectivity index (χ4v) is 4.82. The van der Waals surface area contributed by atoms with Crippen LogP contribution in [0.4, 0.5) is 11.4 Å². The quantitative estimate of drug-likeness (QED) is 0.0922. The van der Waals surface area contributed by atoms with Gasteiger partial charge in [-0.05, 0) is 71.3 Å². The van der Waals surface area contributed by atoms with E-state index in [0.717, 1.165) is 32.8 Å². The topological polar surface area (TPSA) is 124 Å². The number of rotatable bonds is 6. The van der Waals surface area contributed by atoms with Crippen LogP contribution in [0.1, 0.15) is 34.1 Å². The van der Waals surface area contributed by atoms with Crippen molar-refractivity contribution < 1.29 is 4.79 Å². The van der Waals surface area contributed by atoms with Gasteiger partial charge in [0.1, 0.15) is 11.5 Å². The Labute approximate surface area is 209 Å². The SMILES string of the molecule is CCn1c(C(=O)Nc2ccc(N)cc2)c(Cc2cccc3ccccc23)c2cc(C(N)=NN)ccc21. The maximum atomic E-state index is 13.8. The Morgan fingerprint density at radius 3 is 2.44 bits per heavy atom. The minimum absolute atomic E-state index is 0.185. The average molecular weight is 477 g/mol. The molecule has 0 atom stereocenters. The molecule has 1 amide bonds. The summed E-state index contributed by atoms with van der Waals surface area (Å²) in [5.41, 5.74) is 17.5. The maximum absolute atomic E-state index is 13.8. The first-order chi connectivity index (χ1) is 17.5. The molecule has 0 bridgehead atoms. The summed E-state index contributed by atoms with van der Waals surface area (Å²) in [6.07, 6.45) is 0.568. The normalized spacial score (nSPS) is 11.8. The Morgan fingerprint density at radius 2 is 1.69 bits per heavy atom. The summed E-state index contributed by atoms with van der Waals surface area (Å²) >= 11 is 0. The highest BCUT2D eigenvalue weighted by Crippen LogP contribution is 2.32. The molecule has 0 spiro atoms. The van der Waals surface area contributed by atoms with Gasteiger partial charge in [0.2, 0.25) is 0 Å². The van der Waals surface area contributed by atoms with E-state index >= 15 is 0 Å². The molecular formula is C29H28N6O. The van der Waals surface area contributed by atoms with E-state index in [4.69, 9.17) is 17.3 Å². The number of carbonyl (C=O) groups excluding carboxylic acids is 1. The zero-order chi connectivity index (χ0) is 25.2. The third-order valence-electron chi connectivity index (χ3n) is 6.55. The lowest BCUT2D eigenvalue weighted by molar-refractivity contribution is 0.101. The summed E-state index contributed by atoms with van der Waals surface area (Å²) in [5.74, 6) is 5.52. The molecular weight excluding hydrogens is 448 g/mol. The molecule has 5 rings (SSSR count). The van der Waals surface area contributed by atoms with Crippen LogP contribution in [0.25, 0.3) is 21.7 Å². The van der Waals surface area contributed by atoms with Crippen LogP contribution in [0.15, 0.2) is 90.0 Å². The van der Waals surface area contributed by atoms with Gasteiger partial charge in [0, 0.05) is 40.8 Å². The number of nitrogens with one attached hydrogen (secondary N) is 1. The number of aromatic nitrogens is 1. The summed E-state index contributed by atoms with van der Waals surface area (Å²) < 4.78 is 2.04. The molecule has 0 aliphatic rings. The first-order valence-corrected chi connectivity index (χ1v) is 11.8. The zero-order valence-corrected chi connectivity index (χ0v) is 20.0. The van der Waals surface area contributed by atoms with Crippen molar-refractivity contribution in [1.82, 2.24) is 4.57 Å². The highest BCUT2D eigenvalue weighted by atomic mass is 16.2. The van der Waals surface area contributed by atoms with Gasteiger partial charge >= 0.3 is 0 Å². The molecule has 7 N–H and O–H groups in total. The van der Waals surface area contributed by atoms with Crippen molar-refractivity contribution in [3.63, 3.8) is 0 Å². The predicted octanol–water partition coefficient (Wildman–Crippen LogP) is 4.82. The van der Waals surface area contributed by atoms with Gasteiger partial charge in [0.05, 0.1) is 0 Å². The molecule has 0 radical (unpaired) electrons. The van der Waals surface area contributed by atoms with E-state index in [-0.39, 0.29) is 11.7 Å².